The summed E-state index contributed by atoms with van der Waals surface area (Å²) in [6, 6.07) is 6.87. The first kappa shape index (κ1) is 34.2. The maximum Gasteiger partial charge on any atom is 0.469 e. The second kappa shape index (κ2) is 12.3. The van der Waals surface area contributed by atoms with Crippen LogP contribution in [0, 0.1) is 11.3 Å². The summed E-state index contributed by atoms with van der Waals surface area (Å²) in [7, 11) is -4.94. The molecule has 3 N–H and O–H groups in total. The van der Waals surface area contributed by atoms with Gasteiger partial charge in [0.2, 0.25) is 0 Å². The van der Waals surface area contributed by atoms with E-state index < -0.39 is 43.4 Å². The predicted molar refractivity (Wildman–Crippen MR) is 154 cm³/mol. The third-order valence-corrected chi connectivity index (χ3v) is 8.65. The second-order valence-corrected chi connectivity index (χ2v) is 14.3. The van der Waals surface area contributed by atoms with Gasteiger partial charge in [-0.1, -0.05) is 45.4 Å². The standard InChI is InChI=1S/C30H43F3NO7P/c1-8-28(5,6)20-10-13-22(14-11-20)40-24-16-9-19-17-21(12-15-23(19)25(24)30(31,32)33)29(7,18-39-42(36,37)38)34-26(35)41-27(2,3)4/h9,12,15-17,20,22H,8,10-11,13-14,18H2,1-7H3,(H,34,35)(H2,36,37,38)/t20?,22?,29-/m0/s1. The summed E-state index contributed by atoms with van der Waals surface area (Å²) in [5.41, 5.74) is -2.90. The minimum Gasteiger partial charge on any atom is -0.490 e. The normalized spacial score (nSPS) is 20.2. The summed E-state index contributed by atoms with van der Waals surface area (Å²) in [6.45, 7) is 12.3. The van der Waals surface area contributed by atoms with Crippen molar-refractivity contribution in [3.63, 3.8) is 0 Å². The lowest BCUT2D eigenvalue weighted by molar-refractivity contribution is -0.138. The number of carbonyl (C=O) groups excluding carboxylic acids is 1. The molecule has 236 valence electrons. The van der Waals surface area contributed by atoms with E-state index in [1.165, 1.54) is 37.3 Å². The Hall–Kier alpha value is -2.33. The van der Waals surface area contributed by atoms with E-state index in [-0.39, 0.29) is 33.6 Å². The zero-order chi connectivity index (χ0) is 31.7. The minimum atomic E-state index is -4.94. The van der Waals surface area contributed by atoms with Crippen LogP contribution < -0.4 is 10.1 Å². The first-order valence-corrected chi connectivity index (χ1v) is 15.7. The van der Waals surface area contributed by atoms with Crippen LogP contribution in [0.3, 0.4) is 0 Å². The number of hydrogen-bond acceptors (Lipinski definition) is 5. The molecule has 2 aromatic rings. The Labute approximate surface area is 245 Å². The van der Waals surface area contributed by atoms with Crippen molar-refractivity contribution in [3.8, 4) is 5.75 Å². The van der Waals surface area contributed by atoms with E-state index in [1.807, 2.05) is 0 Å². The Balaban J connectivity index is 1.96. The Morgan fingerprint density at radius 2 is 1.62 bits per heavy atom. The summed E-state index contributed by atoms with van der Waals surface area (Å²) < 4.78 is 70.8. The van der Waals surface area contributed by atoms with Crippen molar-refractivity contribution in [3.05, 3.63) is 41.5 Å². The van der Waals surface area contributed by atoms with Gasteiger partial charge in [-0.05, 0) is 93.2 Å². The fourth-order valence-electron chi connectivity index (χ4n) is 5.41. The SMILES string of the molecule is CCC(C)(C)C1CCC(Oc2ccc3cc([C@](C)(COP(=O)(O)O)NC(=O)OC(C)(C)C)ccc3c2C(F)(F)F)CC1. The highest BCUT2D eigenvalue weighted by Crippen LogP contribution is 2.45. The van der Waals surface area contributed by atoms with Crippen LogP contribution in [0.15, 0.2) is 30.3 Å². The lowest BCUT2D eigenvalue weighted by Crippen LogP contribution is -2.48. The van der Waals surface area contributed by atoms with Crippen molar-refractivity contribution in [2.75, 3.05) is 6.61 Å². The number of phosphoric acid groups is 1. The molecule has 0 saturated heterocycles. The molecule has 1 fully saturated rings. The number of hydrogen-bond donors (Lipinski definition) is 3. The van der Waals surface area contributed by atoms with Crippen molar-refractivity contribution >= 4 is 24.7 Å². The van der Waals surface area contributed by atoms with E-state index in [0.29, 0.717) is 18.8 Å². The van der Waals surface area contributed by atoms with Crippen LogP contribution in [0.2, 0.25) is 0 Å². The van der Waals surface area contributed by atoms with Crippen LogP contribution in [0.4, 0.5) is 18.0 Å². The van der Waals surface area contributed by atoms with Crippen LogP contribution in [-0.2, 0) is 25.5 Å². The van der Waals surface area contributed by atoms with E-state index in [1.54, 1.807) is 20.8 Å². The van der Waals surface area contributed by atoms with E-state index in [0.717, 1.165) is 19.3 Å². The van der Waals surface area contributed by atoms with Crippen molar-refractivity contribution in [1.82, 2.24) is 5.32 Å². The zero-order valence-corrected chi connectivity index (χ0v) is 26.2. The summed E-state index contributed by atoms with van der Waals surface area (Å²) in [5.74, 6) is 0.262. The second-order valence-electron chi connectivity index (χ2n) is 13.0. The van der Waals surface area contributed by atoms with E-state index in [2.05, 4.69) is 26.1 Å². The molecular weight excluding hydrogens is 574 g/mol. The average Bonchev–Trinajstić information content (AvgIpc) is 2.85. The van der Waals surface area contributed by atoms with Gasteiger partial charge < -0.3 is 24.6 Å². The zero-order valence-electron chi connectivity index (χ0n) is 25.3. The number of rotatable bonds is 9. The largest absolute Gasteiger partial charge is 0.490 e. The van der Waals surface area contributed by atoms with E-state index in [4.69, 9.17) is 14.0 Å². The third-order valence-electron chi connectivity index (χ3n) is 8.18. The average molecular weight is 618 g/mol. The van der Waals surface area contributed by atoms with Gasteiger partial charge in [0.15, 0.2) is 0 Å². The van der Waals surface area contributed by atoms with E-state index in [9.17, 15) is 32.3 Å². The number of alkyl halides is 3. The lowest BCUT2D eigenvalue weighted by atomic mass is 9.69. The molecule has 0 radical (unpaired) electrons. The maximum atomic E-state index is 14.5. The molecule has 2 aromatic carbocycles. The molecule has 1 aliphatic carbocycles. The van der Waals surface area contributed by atoms with Crippen molar-refractivity contribution in [2.45, 2.75) is 104 Å². The molecule has 12 heteroatoms. The molecule has 1 amide bonds. The van der Waals surface area contributed by atoms with Gasteiger partial charge in [0, 0.05) is 0 Å². The third kappa shape index (κ3) is 8.85. The number of amides is 1. The van der Waals surface area contributed by atoms with Gasteiger partial charge in [0.05, 0.1) is 18.2 Å². The molecule has 1 saturated carbocycles. The van der Waals surface area contributed by atoms with Crippen LogP contribution in [0.25, 0.3) is 10.8 Å². The van der Waals surface area contributed by atoms with Gasteiger partial charge in [-0.3, -0.25) is 4.52 Å². The predicted octanol–water partition coefficient (Wildman–Crippen LogP) is 8.08. The molecule has 0 spiro atoms. The quantitative estimate of drug-likeness (QED) is 0.244. The first-order valence-electron chi connectivity index (χ1n) is 14.2. The number of benzene rings is 2. The smallest absolute Gasteiger partial charge is 0.469 e. The number of ether oxygens (including phenoxy) is 2. The van der Waals surface area contributed by atoms with Gasteiger partial charge in [0.1, 0.15) is 16.9 Å². The number of phosphoric ester groups is 1. The Morgan fingerprint density at radius 1 is 1.00 bits per heavy atom. The minimum absolute atomic E-state index is 0.0972. The van der Waals surface area contributed by atoms with Crippen LogP contribution in [-0.4, -0.2) is 34.2 Å². The van der Waals surface area contributed by atoms with Gasteiger partial charge in [-0.2, -0.15) is 13.2 Å². The molecule has 8 nitrogen and oxygen atoms in total. The Bertz CT molecular complexity index is 1310. The molecule has 0 aliphatic heterocycles. The summed E-state index contributed by atoms with van der Waals surface area (Å²) >= 11 is 0. The van der Waals surface area contributed by atoms with Crippen LogP contribution in [0.1, 0.15) is 91.7 Å². The molecule has 42 heavy (non-hydrogen) atoms. The molecule has 3 rings (SSSR count). The monoisotopic (exact) mass is 617 g/mol. The summed E-state index contributed by atoms with van der Waals surface area (Å²) in [6.07, 6.45) is -1.75. The Morgan fingerprint density at radius 3 is 2.14 bits per heavy atom. The molecule has 0 unspecified atom stereocenters. The number of fused-ring (bicyclic) bond motifs is 1. The van der Waals surface area contributed by atoms with Crippen molar-refractivity contribution in [1.29, 1.82) is 0 Å². The fourth-order valence-corrected chi connectivity index (χ4v) is 5.83. The molecule has 1 atom stereocenters. The van der Waals surface area contributed by atoms with Gasteiger partial charge in [-0.25, -0.2) is 9.36 Å². The molecule has 0 heterocycles. The maximum absolute atomic E-state index is 14.5. The summed E-state index contributed by atoms with van der Waals surface area (Å²) in [4.78, 5) is 31.2. The molecule has 0 aromatic heterocycles. The van der Waals surface area contributed by atoms with Crippen LogP contribution in [0.5, 0.6) is 5.75 Å². The summed E-state index contributed by atoms with van der Waals surface area (Å²) in [5, 5.41) is 2.66. The lowest BCUT2D eigenvalue weighted by Gasteiger charge is -2.39. The number of halogens is 3. The number of alkyl carbamates (subject to hydrolysis) is 1. The van der Waals surface area contributed by atoms with Crippen LogP contribution >= 0.6 is 7.82 Å². The van der Waals surface area contributed by atoms with E-state index >= 15 is 0 Å². The topological polar surface area (TPSA) is 114 Å². The van der Waals surface area contributed by atoms with Crippen molar-refractivity contribution < 1.29 is 46.3 Å². The highest BCUT2D eigenvalue weighted by molar-refractivity contribution is 7.46. The highest BCUT2D eigenvalue weighted by Gasteiger charge is 2.39. The fraction of sp³-hybridized carbons (Fsp3) is 0.633. The van der Waals surface area contributed by atoms with Gasteiger partial charge in [0.25, 0.3) is 0 Å². The molecule has 1 aliphatic rings. The number of nitrogens with one attached hydrogen (secondary N) is 1. The highest BCUT2D eigenvalue weighted by atomic mass is 31.2. The molecule has 0 bridgehead atoms. The molecular formula is C30H43F3NO7P. The number of carbonyl (C=O) groups is 1. The van der Waals surface area contributed by atoms with Crippen molar-refractivity contribution in [2.24, 2.45) is 11.3 Å². The van der Waals surface area contributed by atoms with Gasteiger partial charge >= 0.3 is 20.1 Å². The first-order chi connectivity index (χ1) is 19.1. The Kier molecular flexibility index (Phi) is 10.0. The van der Waals surface area contributed by atoms with Gasteiger partial charge in [-0.15, -0.1) is 0 Å².